The lowest BCUT2D eigenvalue weighted by molar-refractivity contribution is -0.189. The van der Waals surface area contributed by atoms with E-state index in [1.807, 2.05) is 0 Å². The van der Waals surface area contributed by atoms with E-state index in [1.165, 1.54) is 0 Å². The Balaban J connectivity index is 2.12. The average molecular weight is 699 g/mol. The van der Waals surface area contributed by atoms with Crippen molar-refractivity contribution >= 4 is 11.9 Å². The highest BCUT2D eigenvalue weighted by Crippen LogP contribution is 2.45. The van der Waals surface area contributed by atoms with Crippen LogP contribution in [0.5, 0.6) is 5.75 Å². The Kier molecular flexibility index (Phi) is 12.2. The number of likely N-dealkylation sites (tertiary alicyclic amines) is 2. The molecule has 0 aromatic heterocycles. The Morgan fingerprint density at radius 3 is 1.34 bits per heavy atom. The number of phenols is 1. The van der Waals surface area contributed by atoms with E-state index in [1.54, 1.807) is 0 Å². The zero-order valence-electron chi connectivity index (χ0n) is 35.1. The van der Waals surface area contributed by atoms with Crippen LogP contribution in [-0.4, -0.2) is 75.3 Å². The summed E-state index contributed by atoms with van der Waals surface area (Å²) in [6.45, 7) is 32.3. The van der Waals surface area contributed by atoms with E-state index in [4.69, 9.17) is 9.47 Å². The number of hydrogen-bond acceptors (Lipinski definition) is 7. The van der Waals surface area contributed by atoms with Crippen LogP contribution in [0.4, 0.5) is 0 Å². The number of esters is 2. The van der Waals surface area contributed by atoms with Gasteiger partial charge in [-0.05, 0) is 116 Å². The number of piperidine rings is 2. The van der Waals surface area contributed by atoms with Crippen LogP contribution in [0, 0.1) is 5.41 Å². The van der Waals surface area contributed by atoms with Gasteiger partial charge >= 0.3 is 11.9 Å². The van der Waals surface area contributed by atoms with Crippen molar-refractivity contribution in [3.8, 4) is 5.75 Å². The summed E-state index contributed by atoms with van der Waals surface area (Å²) < 4.78 is 13.1. The molecule has 7 nitrogen and oxygen atoms in total. The van der Waals surface area contributed by atoms with Crippen molar-refractivity contribution < 1.29 is 24.2 Å². The van der Waals surface area contributed by atoms with Gasteiger partial charge < -0.3 is 14.6 Å². The number of rotatable bonds is 10. The summed E-state index contributed by atoms with van der Waals surface area (Å²) in [5.74, 6) is -0.575. The number of benzene rings is 1. The lowest BCUT2D eigenvalue weighted by Crippen LogP contribution is -2.61. The minimum absolute atomic E-state index is 0.177. The normalized spacial score (nSPS) is 21.9. The summed E-state index contributed by atoms with van der Waals surface area (Å²) >= 11 is 0. The Labute approximate surface area is 306 Å². The smallest absolute Gasteiger partial charge is 0.323 e. The van der Waals surface area contributed by atoms with Gasteiger partial charge in [-0.1, -0.05) is 73.4 Å². The van der Waals surface area contributed by atoms with Gasteiger partial charge in [-0.25, -0.2) is 0 Å². The number of aryl methyl sites for hydroxylation is 1. The van der Waals surface area contributed by atoms with Gasteiger partial charge in [0, 0.05) is 47.8 Å². The second-order valence-electron chi connectivity index (χ2n) is 20.5. The third-order valence-electron chi connectivity index (χ3n) is 12.5. The average Bonchev–Trinajstić information content (AvgIpc) is 2.93. The maximum absolute atomic E-state index is 14.9. The maximum Gasteiger partial charge on any atom is 0.323 e. The summed E-state index contributed by atoms with van der Waals surface area (Å²) in [7, 11) is 4.28. The Morgan fingerprint density at radius 2 is 1.04 bits per heavy atom. The van der Waals surface area contributed by atoms with Crippen LogP contribution in [0.25, 0.3) is 0 Å². The van der Waals surface area contributed by atoms with Gasteiger partial charge in [0.2, 0.25) is 0 Å². The molecule has 0 atom stereocenters. The fourth-order valence-electron chi connectivity index (χ4n) is 8.69. The van der Waals surface area contributed by atoms with Crippen molar-refractivity contribution in [3.63, 3.8) is 0 Å². The fraction of sp³-hybridized carbons (Fsp3) is 0.814. The Hall–Kier alpha value is -2.12. The molecule has 7 heteroatoms. The zero-order chi connectivity index (χ0) is 38.5. The number of carbonyl (C=O) groups excluding carboxylic acids is 2. The molecule has 0 saturated carbocycles. The summed E-state index contributed by atoms with van der Waals surface area (Å²) in [5, 5.41) is 11.4. The minimum Gasteiger partial charge on any atom is -0.507 e. The van der Waals surface area contributed by atoms with Gasteiger partial charge in [-0.15, -0.1) is 0 Å². The molecule has 50 heavy (non-hydrogen) atoms. The molecule has 286 valence electrons. The predicted molar refractivity (Wildman–Crippen MR) is 206 cm³/mol. The van der Waals surface area contributed by atoms with Crippen molar-refractivity contribution in [2.45, 2.75) is 207 Å². The number of unbranched alkanes of at least 4 members (excludes halogenated alkanes) is 1. The second kappa shape index (κ2) is 14.4. The van der Waals surface area contributed by atoms with Gasteiger partial charge in [0.1, 0.15) is 18.0 Å². The van der Waals surface area contributed by atoms with Crippen LogP contribution in [0.2, 0.25) is 0 Å². The number of ether oxygens (including phenoxy) is 2. The van der Waals surface area contributed by atoms with Gasteiger partial charge in [0.15, 0.2) is 5.41 Å². The highest BCUT2D eigenvalue weighted by atomic mass is 16.6. The predicted octanol–water partition coefficient (Wildman–Crippen LogP) is 9.49. The molecule has 0 bridgehead atoms. The zero-order valence-corrected chi connectivity index (χ0v) is 35.1. The molecule has 2 fully saturated rings. The molecule has 0 unspecified atom stereocenters. The van der Waals surface area contributed by atoms with Crippen LogP contribution < -0.4 is 0 Å². The number of aromatic hydroxyl groups is 1. The molecule has 1 aromatic carbocycles. The Bertz CT molecular complexity index is 1250. The summed E-state index contributed by atoms with van der Waals surface area (Å²) in [4.78, 5) is 34.5. The fourth-order valence-corrected chi connectivity index (χ4v) is 8.69. The SMILES string of the molecule is CCCCC(CCc1cc(C(C)(C)C)c(O)c(C(C)(C)C)c1)(C(=O)OC1CC(C)(C)N(C)C(C)(C)C1)C(=O)OC1CC(C)(C)N(C)C(C)(C)C1. The molecule has 2 aliphatic rings. The van der Waals surface area contributed by atoms with E-state index in [2.05, 4.69) is 140 Å². The summed E-state index contributed by atoms with van der Waals surface area (Å²) in [6.07, 6.45) is 4.81. The topological polar surface area (TPSA) is 79.3 Å². The van der Waals surface area contributed by atoms with Crippen molar-refractivity contribution in [3.05, 3.63) is 28.8 Å². The van der Waals surface area contributed by atoms with E-state index in [9.17, 15) is 14.7 Å². The molecule has 0 aliphatic carbocycles. The lowest BCUT2D eigenvalue weighted by atomic mass is 9.74. The third kappa shape index (κ3) is 9.08. The standard InChI is InChI=1S/C43H74N2O5/c1-18-19-21-43(35(47)49-30-25-39(8,9)44(16)40(10,11)26-30,36(48)50-31-27-41(12,13)45(17)42(14,15)28-31)22-20-29-23-32(37(2,3)4)34(46)33(24-29)38(5,6)7/h23-24,30-31,46H,18-22,25-28H2,1-17H3. The van der Waals surface area contributed by atoms with Crippen molar-refractivity contribution in [1.29, 1.82) is 0 Å². The van der Waals surface area contributed by atoms with E-state index in [0.717, 1.165) is 23.1 Å². The molecule has 2 saturated heterocycles. The molecule has 1 aromatic rings. The molecule has 0 spiro atoms. The Morgan fingerprint density at radius 1 is 0.700 bits per heavy atom. The molecular weight excluding hydrogens is 624 g/mol. The molecule has 2 heterocycles. The molecule has 3 rings (SSSR count). The monoisotopic (exact) mass is 699 g/mol. The van der Waals surface area contributed by atoms with Crippen LogP contribution >= 0.6 is 0 Å². The largest absolute Gasteiger partial charge is 0.507 e. The van der Waals surface area contributed by atoms with Crippen molar-refractivity contribution in [1.82, 2.24) is 9.80 Å². The maximum atomic E-state index is 14.9. The van der Waals surface area contributed by atoms with Gasteiger partial charge in [0.25, 0.3) is 0 Å². The van der Waals surface area contributed by atoms with E-state index in [-0.39, 0.29) is 51.6 Å². The highest BCUT2D eigenvalue weighted by molar-refractivity contribution is 6.00. The number of nitrogens with zero attached hydrogens (tertiary/aromatic N) is 2. The van der Waals surface area contributed by atoms with Crippen molar-refractivity contribution in [2.24, 2.45) is 5.41 Å². The lowest BCUT2D eigenvalue weighted by Gasteiger charge is -2.53. The van der Waals surface area contributed by atoms with E-state index >= 15 is 0 Å². The number of carbonyl (C=O) groups is 2. The molecule has 0 radical (unpaired) electrons. The first kappa shape index (κ1) is 42.3. The molecule has 1 N–H and O–H groups in total. The molecular formula is C43H74N2O5. The van der Waals surface area contributed by atoms with Crippen LogP contribution in [0.3, 0.4) is 0 Å². The van der Waals surface area contributed by atoms with E-state index < -0.39 is 17.4 Å². The first-order valence-corrected chi connectivity index (χ1v) is 19.3. The highest BCUT2D eigenvalue weighted by Gasteiger charge is 2.53. The molecule has 0 amide bonds. The van der Waals surface area contributed by atoms with Crippen LogP contribution in [0.1, 0.15) is 172 Å². The van der Waals surface area contributed by atoms with E-state index in [0.29, 0.717) is 50.7 Å². The van der Waals surface area contributed by atoms with Crippen LogP contribution in [-0.2, 0) is 36.3 Å². The van der Waals surface area contributed by atoms with Crippen LogP contribution in [0.15, 0.2) is 12.1 Å². The number of hydrogen-bond donors (Lipinski definition) is 1. The first-order valence-electron chi connectivity index (χ1n) is 19.3. The minimum atomic E-state index is -1.45. The number of phenolic OH excluding ortho intramolecular Hbond substituents is 1. The van der Waals surface area contributed by atoms with Gasteiger partial charge in [0.05, 0.1) is 0 Å². The second-order valence-corrected chi connectivity index (χ2v) is 20.5. The molecule has 2 aliphatic heterocycles. The summed E-state index contributed by atoms with van der Waals surface area (Å²) in [5.41, 5.74) is -0.00194. The third-order valence-corrected chi connectivity index (χ3v) is 12.5. The van der Waals surface area contributed by atoms with Crippen molar-refractivity contribution in [2.75, 3.05) is 14.1 Å². The first-order chi connectivity index (χ1) is 22.5. The quantitative estimate of drug-likeness (QED) is 0.193. The van der Waals surface area contributed by atoms with Gasteiger partial charge in [-0.3, -0.25) is 19.4 Å². The van der Waals surface area contributed by atoms with Gasteiger partial charge in [-0.2, -0.15) is 0 Å². The summed E-state index contributed by atoms with van der Waals surface area (Å²) in [6, 6.07) is 4.13.